The van der Waals surface area contributed by atoms with Crippen molar-refractivity contribution in [1.82, 2.24) is 0 Å². The number of nitrogens with one attached hydrogen (secondary N) is 1. The first kappa shape index (κ1) is 19.0. The average molecular weight is 400 g/mol. The van der Waals surface area contributed by atoms with Crippen LogP contribution in [0.3, 0.4) is 0 Å². The molecule has 0 spiro atoms. The number of hydrogen-bond donors (Lipinski definition) is 1. The van der Waals surface area contributed by atoms with Crippen LogP contribution < -0.4 is 5.43 Å². The molecule has 0 bridgehead atoms. The Bertz CT molecular complexity index is 949. The highest BCUT2D eigenvalue weighted by molar-refractivity contribution is 6.37. The van der Waals surface area contributed by atoms with E-state index in [0.717, 1.165) is 36.5 Å². The van der Waals surface area contributed by atoms with Crippen molar-refractivity contribution in [3.05, 3.63) is 76.3 Å². The van der Waals surface area contributed by atoms with Gasteiger partial charge in [0.05, 0.1) is 32.1 Å². The first-order valence-corrected chi connectivity index (χ1v) is 7.31. The van der Waals surface area contributed by atoms with Crippen LogP contribution in [0.5, 0.6) is 0 Å². The van der Waals surface area contributed by atoms with Crippen molar-refractivity contribution in [3.63, 3.8) is 0 Å². The van der Waals surface area contributed by atoms with Gasteiger partial charge in [0.1, 0.15) is 10.7 Å². The van der Waals surface area contributed by atoms with Gasteiger partial charge in [-0.25, -0.2) is 0 Å². The maximum absolute atomic E-state index is 11.0. The summed E-state index contributed by atoms with van der Waals surface area (Å²) in [4.78, 5) is 30.3. The first-order valence-electron chi connectivity index (χ1n) is 6.56. The molecule has 0 atom stereocenters. The summed E-state index contributed by atoms with van der Waals surface area (Å²) in [7, 11) is 0. The molecule has 0 fully saturated rings. The van der Waals surface area contributed by atoms with E-state index in [-0.39, 0.29) is 27.0 Å². The van der Waals surface area contributed by atoms with E-state index in [1.165, 1.54) is 0 Å². The summed E-state index contributed by atoms with van der Waals surface area (Å²) in [6, 6.07) is 5.19. The Morgan fingerprint density at radius 3 is 2.12 bits per heavy atom. The number of anilines is 1. The fraction of sp³-hybridized carbons (Fsp3) is 0. The zero-order valence-corrected chi connectivity index (χ0v) is 14.0. The molecule has 0 radical (unpaired) electrons. The lowest BCUT2D eigenvalue weighted by Gasteiger charge is -2.03. The lowest BCUT2D eigenvalue weighted by molar-refractivity contribution is -0.393. The van der Waals surface area contributed by atoms with Crippen molar-refractivity contribution >= 4 is 52.2 Å². The molecule has 11 nitrogen and oxygen atoms in total. The van der Waals surface area contributed by atoms with Gasteiger partial charge >= 0.3 is 5.69 Å². The number of nitrogens with zero attached hydrogens (tertiary/aromatic N) is 4. The zero-order valence-electron chi connectivity index (χ0n) is 12.5. The summed E-state index contributed by atoms with van der Waals surface area (Å²) >= 11 is 11.6. The van der Waals surface area contributed by atoms with E-state index < -0.39 is 26.1 Å². The Balaban J connectivity index is 2.31. The molecule has 1 N–H and O–H groups in total. The Labute approximate surface area is 154 Å². The quantitative estimate of drug-likeness (QED) is 0.434. The molecule has 0 unspecified atom stereocenters. The van der Waals surface area contributed by atoms with Crippen molar-refractivity contribution in [2.45, 2.75) is 0 Å². The van der Waals surface area contributed by atoms with Crippen LogP contribution in [-0.4, -0.2) is 21.0 Å². The van der Waals surface area contributed by atoms with Crippen LogP contribution in [0.15, 0.2) is 35.4 Å². The summed E-state index contributed by atoms with van der Waals surface area (Å²) in [5, 5.41) is 36.2. The summed E-state index contributed by atoms with van der Waals surface area (Å²) < 4.78 is 0. The Morgan fingerprint density at radius 1 is 0.885 bits per heavy atom. The van der Waals surface area contributed by atoms with Crippen LogP contribution in [0.2, 0.25) is 10.0 Å². The van der Waals surface area contributed by atoms with Gasteiger partial charge in [0.25, 0.3) is 11.4 Å². The predicted molar refractivity (Wildman–Crippen MR) is 94.1 cm³/mol. The molecule has 2 aromatic rings. The third-order valence-electron chi connectivity index (χ3n) is 3.04. The highest BCUT2D eigenvalue weighted by Crippen LogP contribution is 2.31. The smallest absolute Gasteiger partial charge is 0.272 e. The fourth-order valence-electron chi connectivity index (χ4n) is 1.84. The molecular formula is C13H7Cl2N5O6. The van der Waals surface area contributed by atoms with Gasteiger partial charge in [-0.1, -0.05) is 23.2 Å². The van der Waals surface area contributed by atoms with Crippen molar-refractivity contribution < 1.29 is 14.8 Å². The predicted octanol–water partition coefficient (Wildman–Crippen LogP) is 4.16. The Morgan fingerprint density at radius 2 is 1.54 bits per heavy atom. The van der Waals surface area contributed by atoms with Crippen LogP contribution in [0, 0.1) is 30.3 Å². The van der Waals surface area contributed by atoms with E-state index in [2.05, 4.69) is 10.5 Å². The molecule has 0 aliphatic carbocycles. The van der Waals surface area contributed by atoms with Crippen LogP contribution in [0.25, 0.3) is 0 Å². The van der Waals surface area contributed by atoms with Gasteiger partial charge in [-0.15, -0.1) is 0 Å². The second kappa shape index (κ2) is 7.72. The van der Waals surface area contributed by atoms with Gasteiger partial charge in [0, 0.05) is 17.7 Å². The second-order valence-corrected chi connectivity index (χ2v) is 5.48. The molecule has 13 heteroatoms. The van der Waals surface area contributed by atoms with Crippen LogP contribution >= 0.6 is 23.2 Å². The SMILES string of the molecule is O=[N+]([O-])c1ccc(N/N=C/c2cc([N+](=O)[O-])c(Cl)cc2Cl)c([N+](=O)[O-])c1. The molecule has 134 valence electrons. The number of rotatable bonds is 6. The minimum atomic E-state index is -0.815. The van der Waals surface area contributed by atoms with Crippen LogP contribution in [-0.2, 0) is 0 Å². The van der Waals surface area contributed by atoms with Crippen LogP contribution in [0.4, 0.5) is 22.7 Å². The lowest BCUT2D eigenvalue weighted by Crippen LogP contribution is -1.99. The summed E-state index contributed by atoms with van der Waals surface area (Å²) in [6.45, 7) is 0. The molecule has 0 aliphatic heterocycles. The van der Waals surface area contributed by atoms with Crippen molar-refractivity contribution in [2.24, 2.45) is 5.10 Å². The Hall–Kier alpha value is -3.31. The zero-order chi connectivity index (χ0) is 19.4. The van der Waals surface area contributed by atoms with Crippen LogP contribution in [0.1, 0.15) is 5.56 Å². The topological polar surface area (TPSA) is 154 Å². The van der Waals surface area contributed by atoms with E-state index >= 15 is 0 Å². The van der Waals surface area contributed by atoms with E-state index in [1.807, 2.05) is 0 Å². The first-order chi connectivity index (χ1) is 12.2. The molecule has 0 heterocycles. The monoisotopic (exact) mass is 399 g/mol. The summed E-state index contributed by atoms with van der Waals surface area (Å²) in [5.74, 6) is 0. The largest absolute Gasteiger partial charge is 0.301 e. The molecule has 0 aromatic heterocycles. The minimum Gasteiger partial charge on any atom is -0.272 e. The number of non-ortho nitro benzene ring substituents is 1. The number of benzene rings is 2. The number of nitro groups is 3. The van der Waals surface area contributed by atoms with E-state index in [0.29, 0.717) is 0 Å². The standard InChI is InChI=1S/C13H7Cl2N5O6/c14-9-5-10(15)12(19(23)24)3-7(9)6-16-17-11-2-1-8(18(21)22)4-13(11)20(25)26/h1-6,17H/b16-6+. The molecule has 2 aromatic carbocycles. The molecule has 26 heavy (non-hydrogen) atoms. The summed E-state index contributed by atoms with van der Waals surface area (Å²) in [5.41, 5.74) is 0.957. The third-order valence-corrected chi connectivity index (χ3v) is 3.67. The van der Waals surface area contributed by atoms with Gasteiger partial charge in [-0.05, 0) is 12.1 Å². The van der Waals surface area contributed by atoms with Gasteiger partial charge in [-0.3, -0.25) is 35.8 Å². The highest BCUT2D eigenvalue weighted by Gasteiger charge is 2.19. The summed E-state index contributed by atoms with van der Waals surface area (Å²) in [6.07, 6.45) is 1.09. The van der Waals surface area contributed by atoms with Crippen molar-refractivity contribution in [1.29, 1.82) is 0 Å². The maximum Gasteiger partial charge on any atom is 0.301 e. The molecule has 0 saturated heterocycles. The van der Waals surface area contributed by atoms with Gasteiger partial charge < -0.3 is 0 Å². The maximum atomic E-state index is 11.0. The molecule has 0 aliphatic rings. The third kappa shape index (κ3) is 4.20. The molecule has 0 amide bonds. The number of hydrazone groups is 1. The number of nitro benzene ring substituents is 3. The normalized spacial score (nSPS) is 10.7. The molecule has 0 saturated carbocycles. The molecule has 2 rings (SSSR count). The van der Waals surface area contributed by atoms with Gasteiger partial charge in [0.2, 0.25) is 0 Å². The fourth-order valence-corrected chi connectivity index (χ4v) is 2.34. The highest BCUT2D eigenvalue weighted by atomic mass is 35.5. The van der Waals surface area contributed by atoms with Gasteiger partial charge in [-0.2, -0.15) is 5.10 Å². The van der Waals surface area contributed by atoms with E-state index in [1.54, 1.807) is 0 Å². The second-order valence-electron chi connectivity index (χ2n) is 4.67. The van der Waals surface area contributed by atoms with E-state index in [9.17, 15) is 30.3 Å². The molecular weight excluding hydrogens is 393 g/mol. The average Bonchev–Trinajstić information content (AvgIpc) is 2.56. The number of hydrogen-bond acceptors (Lipinski definition) is 8. The van der Waals surface area contributed by atoms with Gasteiger partial charge in [0.15, 0.2) is 0 Å². The lowest BCUT2D eigenvalue weighted by atomic mass is 10.2. The number of halogens is 2. The van der Waals surface area contributed by atoms with Crippen molar-refractivity contribution in [3.8, 4) is 0 Å². The van der Waals surface area contributed by atoms with E-state index in [4.69, 9.17) is 23.2 Å². The van der Waals surface area contributed by atoms with Crippen molar-refractivity contribution in [2.75, 3.05) is 5.43 Å². The Kier molecular flexibility index (Phi) is 5.64. The minimum absolute atomic E-state index is 0.0735.